The normalized spacial score (nSPS) is 18.8. The molecule has 0 saturated heterocycles. The van der Waals surface area contributed by atoms with Crippen molar-refractivity contribution in [3.8, 4) is 0 Å². The van der Waals surface area contributed by atoms with E-state index in [0.717, 1.165) is 17.7 Å². The third-order valence-electron chi connectivity index (χ3n) is 6.42. The standard InChI is InChI=1S/C21H28P.C5H5.2ClH.Ti/c1-3-11-19(12-4-1)22(20-13-5-2-6-14-20)21-15-17-9-7-8-10-18(17)16-21;1-2-4-5-3-1;;;/h7-10,15-16,19-20H,1-6,11-14H2;1-3H,4H2;2*1H;/q2*-1;;;+4/p-2. The minimum atomic E-state index is 0. The number of hydrogen-bond acceptors (Lipinski definition) is 0. The summed E-state index contributed by atoms with van der Waals surface area (Å²) >= 11 is 0. The van der Waals surface area contributed by atoms with Crippen LogP contribution in [0.5, 0.6) is 0 Å². The number of rotatable bonds is 3. The first-order chi connectivity index (χ1) is 13.4. The van der Waals surface area contributed by atoms with Gasteiger partial charge in [-0.25, -0.2) is 12.2 Å². The predicted octanol–water partition coefficient (Wildman–Crippen LogP) is 1.64. The van der Waals surface area contributed by atoms with Crippen molar-refractivity contribution in [1.82, 2.24) is 0 Å². The Labute approximate surface area is 212 Å². The first-order valence-corrected chi connectivity index (χ1v) is 12.6. The number of hydrogen-bond donors (Lipinski definition) is 0. The van der Waals surface area contributed by atoms with Crippen molar-refractivity contribution in [2.75, 3.05) is 0 Å². The molecular weight excluding hydrogens is 462 g/mol. The molecule has 0 N–H and O–H groups in total. The van der Waals surface area contributed by atoms with Gasteiger partial charge in [0.15, 0.2) is 0 Å². The summed E-state index contributed by atoms with van der Waals surface area (Å²) < 4.78 is 0. The van der Waals surface area contributed by atoms with E-state index in [9.17, 15) is 0 Å². The first kappa shape index (κ1) is 28.1. The molecule has 0 atom stereocenters. The van der Waals surface area contributed by atoms with Gasteiger partial charge in [-0.2, -0.15) is 12.1 Å². The Balaban J connectivity index is 0.000000499. The van der Waals surface area contributed by atoms with Crippen LogP contribution in [0.15, 0.2) is 54.6 Å². The minimum absolute atomic E-state index is 0. The molecule has 0 amide bonds. The SMILES string of the molecule is [C-]1=CC=CC1.[Cl-].[Cl-].[Ti+4].c1ccc2[cH-]c(P(C3CCCCC3)C3CCCCC3)cc2c1. The van der Waals surface area contributed by atoms with Gasteiger partial charge in [0.05, 0.1) is 0 Å². The van der Waals surface area contributed by atoms with Gasteiger partial charge in [0, 0.05) is 0 Å². The summed E-state index contributed by atoms with van der Waals surface area (Å²) in [5.41, 5.74) is 2.03. The smallest absolute Gasteiger partial charge is 1.00 e. The zero-order valence-corrected chi connectivity index (χ0v) is 21.8. The summed E-state index contributed by atoms with van der Waals surface area (Å²) in [6.07, 6.45) is 24.9. The number of allylic oxidation sites excluding steroid dienone is 4. The monoisotopic (exact) mass is 494 g/mol. The molecular formula is C26H33Cl2PTi. The van der Waals surface area contributed by atoms with E-state index >= 15 is 0 Å². The number of benzene rings is 1. The van der Waals surface area contributed by atoms with Crippen molar-refractivity contribution >= 4 is 24.0 Å². The topological polar surface area (TPSA) is 0 Å². The molecule has 0 radical (unpaired) electrons. The summed E-state index contributed by atoms with van der Waals surface area (Å²) in [6.45, 7) is 0. The van der Waals surface area contributed by atoms with Crippen LogP contribution in [0.1, 0.15) is 70.6 Å². The van der Waals surface area contributed by atoms with E-state index in [1.807, 2.05) is 12.2 Å². The van der Waals surface area contributed by atoms with Gasteiger partial charge in [0.2, 0.25) is 0 Å². The minimum Gasteiger partial charge on any atom is -1.00 e. The van der Waals surface area contributed by atoms with Crippen molar-refractivity contribution in [2.24, 2.45) is 0 Å². The molecule has 0 spiro atoms. The molecule has 0 bridgehead atoms. The molecule has 0 unspecified atom stereocenters. The molecule has 5 rings (SSSR count). The molecule has 4 heteroatoms. The molecule has 2 aromatic carbocycles. The summed E-state index contributed by atoms with van der Waals surface area (Å²) in [6, 6.07) is 14.1. The predicted molar refractivity (Wildman–Crippen MR) is 121 cm³/mol. The third-order valence-corrected chi connectivity index (χ3v) is 9.88. The molecule has 160 valence electrons. The zero-order chi connectivity index (χ0) is 18.3. The van der Waals surface area contributed by atoms with Crippen molar-refractivity contribution in [1.29, 1.82) is 0 Å². The Morgan fingerprint density at radius 3 is 1.90 bits per heavy atom. The second-order valence-corrected chi connectivity index (χ2v) is 11.1. The molecule has 30 heavy (non-hydrogen) atoms. The van der Waals surface area contributed by atoms with Gasteiger partial charge in [0.1, 0.15) is 0 Å². The van der Waals surface area contributed by atoms with E-state index in [4.69, 9.17) is 0 Å². The fourth-order valence-electron chi connectivity index (χ4n) is 5.06. The van der Waals surface area contributed by atoms with Crippen LogP contribution in [-0.2, 0) is 21.7 Å². The van der Waals surface area contributed by atoms with Crippen LogP contribution < -0.4 is 30.1 Å². The van der Waals surface area contributed by atoms with E-state index < -0.39 is 0 Å². The van der Waals surface area contributed by atoms with Gasteiger partial charge in [-0.15, -0.1) is 46.8 Å². The average Bonchev–Trinajstić information content (AvgIpc) is 3.43. The average molecular weight is 495 g/mol. The van der Waals surface area contributed by atoms with Gasteiger partial charge in [-0.3, -0.25) is 6.08 Å². The Kier molecular flexibility index (Phi) is 14.0. The number of fused-ring (bicyclic) bond motifs is 1. The number of halogens is 2. The second-order valence-electron chi connectivity index (χ2n) is 8.34. The fraction of sp³-hybridized carbons (Fsp3) is 0.500. The van der Waals surface area contributed by atoms with E-state index in [0.29, 0.717) is 0 Å². The van der Waals surface area contributed by atoms with Gasteiger partial charge >= 0.3 is 21.7 Å². The van der Waals surface area contributed by atoms with Crippen LogP contribution in [0.2, 0.25) is 0 Å². The van der Waals surface area contributed by atoms with Crippen molar-refractivity contribution in [3.63, 3.8) is 0 Å². The van der Waals surface area contributed by atoms with Crippen molar-refractivity contribution < 1.29 is 46.5 Å². The van der Waals surface area contributed by atoms with Crippen LogP contribution in [0.3, 0.4) is 0 Å². The van der Waals surface area contributed by atoms with Crippen LogP contribution >= 0.6 is 7.92 Å². The quantitative estimate of drug-likeness (QED) is 0.345. The largest absolute Gasteiger partial charge is 4.00 e. The molecule has 2 aromatic rings. The molecule has 2 fully saturated rings. The molecule has 0 aromatic heterocycles. The van der Waals surface area contributed by atoms with Crippen LogP contribution in [0.25, 0.3) is 10.8 Å². The van der Waals surface area contributed by atoms with E-state index in [2.05, 4.69) is 48.6 Å². The van der Waals surface area contributed by atoms with Crippen LogP contribution in [0, 0.1) is 6.08 Å². The second kappa shape index (κ2) is 15.0. The zero-order valence-electron chi connectivity index (χ0n) is 17.8. The summed E-state index contributed by atoms with van der Waals surface area (Å²) in [7, 11) is 0.0611. The Hall–Kier alpha value is 0.0343. The van der Waals surface area contributed by atoms with Crippen LogP contribution in [0.4, 0.5) is 0 Å². The Morgan fingerprint density at radius 2 is 1.43 bits per heavy atom. The third kappa shape index (κ3) is 7.57. The molecule has 3 aliphatic rings. The van der Waals surface area contributed by atoms with E-state index in [1.165, 1.54) is 75.0 Å². The van der Waals surface area contributed by atoms with Gasteiger partial charge in [-0.1, -0.05) is 52.5 Å². The summed E-state index contributed by atoms with van der Waals surface area (Å²) in [5, 5.41) is 4.67. The fourth-order valence-corrected chi connectivity index (χ4v) is 8.92. The van der Waals surface area contributed by atoms with Crippen molar-refractivity contribution in [3.05, 3.63) is 60.7 Å². The summed E-state index contributed by atoms with van der Waals surface area (Å²) in [5.74, 6) is 0. The maximum atomic E-state index is 2.99. The van der Waals surface area contributed by atoms with Gasteiger partial charge < -0.3 is 24.8 Å². The van der Waals surface area contributed by atoms with Crippen LogP contribution in [-0.4, -0.2) is 11.3 Å². The molecule has 3 aliphatic carbocycles. The van der Waals surface area contributed by atoms with Crippen molar-refractivity contribution in [2.45, 2.75) is 81.9 Å². The summed E-state index contributed by atoms with van der Waals surface area (Å²) in [4.78, 5) is 0. The van der Waals surface area contributed by atoms with Gasteiger partial charge in [-0.05, 0) is 37.0 Å². The molecule has 0 aliphatic heterocycles. The van der Waals surface area contributed by atoms with Gasteiger partial charge in [0.25, 0.3) is 0 Å². The van der Waals surface area contributed by atoms with E-state index in [1.54, 1.807) is 5.30 Å². The first-order valence-electron chi connectivity index (χ1n) is 11.1. The molecule has 0 heterocycles. The Morgan fingerprint density at radius 1 is 0.833 bits per heavy atom. The molecule has 2 saturated carbocycles. The Bertz CT molecular complexity index is 709. The van der Waals surface area contributed by atoms with E-state index in [-0.39, 0.29) is 54.5 Å². The maximum absolute atomic E-state index is 2.99. The molecule has 0 nitrogen and oxygen atoms in total. The maximum Gasteiger partial charge on any atom is 4.00 e.